The number of aromatic nitrogens is 1. The van der Waals surface area contributed by atoms with Crippen LogP contribution in [0.15, 0.2) is 48.7 Å². The van der Waals surface area contributed by atoms with Crippen LogP contribution < -0.4 is 4.90 Å². The van der Waals surface area contributed by atoms with E-state index in [0.717, 1.165) is 12.2 Å². The molecule has 0 saturated heterocycles. The Bertz CT molecular complexity index is 449. The monoisotopic (exact) mass is 212 g/mol. The summed E-state index contributed by atoms with van der Waals surface area (Å²) in [6, 6.07) is 14.7. The Balaban J connectivity index is 2.19. The molecule has 0 aliphatic rings. The van der Waals surface area contributed by atoms with Crippen molar-refractivity contribution in [3.8, 4) is 0 Å². The van der Waals surface area contributed by atoms with Gasteiger partial charge in [-0.25, -0.2) is 4.98 Å². The normalized spacial score (nSPS) is 10.1. The fourth-order valence-corrected chi connectivity index (χ4v) is 1.65. The van der Waals surface area contributed by atoms with E-state index in [1.165, 1.54) is 11.1 Å². The van der Waals surface area contributed by atoms with Gasteiger partial charge in [-0.05, 0) is 29.7 Å². The first-order valence-electron chi connectivity index (χ1n) is 5.42. The zero-order valence-corrected chi connectivity index (χ0v) is 9.72. The van der Waals surface area contributed by atoms with Gasteiger partial charge in [-0.2, -0.15) is 0 Å². The summed E-state index contributed by atoms with van der Waals surface area (Å²) in [5.41, 5.74) is 2.63. The summed E-state index contributed by atoms with van der Waals surface area (Å²) < 4.78 is 0. The fraction of sp³-hybridized carbons (Fsp3) is 0.214. The van der Waals surface area contributed by atoms with Crippen molar-refractivity contribution in [2.75, 3.05) is 19.0 Å². The largest absolute Gasteiger partial charge is 0.363 e. The molecule has 1 aromatic heterocycles. The molecule has 0 amide bonds. The highest BCUT2D eigenvalue weighted by atomic mass is 15.1. The van der Waals surface area contributed by atoms with Gasteiger partial charge in [-0.3, -0.25) is 0 Å². The molecule has 1 heterocycles. The average Bonchev–Trinajstić information content (AvgIpc) is 2.30. The molecule has 0 fully saturated rings. The number of anilines is 1. The summed E-state index contributed by atoms with van der Waals surface area (Å²) in [6.07, 6.45) is 2.83. The Labute approximate surface area is 96.6 Å². The van der Waals surface area contributed by atoms with Crippen molar-refractivity contribution < 1.29 is 0 Å². The van der Waals surface area contributed by atoms with E-state index in [4.69, 9.17) is 0 Å². The van der Waals surface area contributed by atoms with E-state index in [9.17, 15) is 0 Å². The van der Waals surface area contributed by atoms with Crippen LogP contribution in [0.5, 0.6) is 0 Å². The van der Waals surface area contributed by atoms with Crippen molar-refractivity contribution in [2.45, 2.75) is 6.42 Å². The molecule has 0 aliphatic carbocycles. The fourth-order valence-electron chi connectivity index (χ4n) is 1.65. The third-order valence-corrected chi connectivity index (χ3v) is 2.52. The van der Waals surface area contributed by atoms with E-state index in [1.807, 2.05) is 31.3 Å². The molecule has 0 unspecified atom stereocenters. The third kappa shape index (κ3) is 2.60. The predicted octanol–water partition coefficient (Wildman–Crippen LogP) is 2.74. The van der Waals surface area contributed by atoms with Gasteiger partial charge in [0.25, 0.3) is 0 Å². The molecule has 0 radical (unpaired) electrons. The van der Waals surface area contributed by atoms with Crippen molar-refractivity contribution in [1.29, 1.82) is 0 Å². The Morgan fingerprint density at radius 3 is 2.44 bits per heavy atom. The van der Waals surface area contributed by atoms with Crippen LogP contribution in [0.25, 0.3) is 0 Å². The van der Waals surface area contributed by atoms with Crippen LogP contribution in [0.1, 0.15) is 11.1 Å². The molecule has 16 heavy (non-hydrogen) atoms. The molecular weight excluding hydrogens is 196 g/mol. The molecular formula is C14H16N2. The highest BCUT2D eigenvalue weighted by molar-refractivity contribution is 5.40. The van der Waals surface area contributed by atoms with Gasteiger partial charge in [0, 0.05) is 20.3 Å². The molecule has 0 bridgehead atoms. The minimum Gasteiger partial charge on any atom is -0.363 e. The molecule has 0 N–H and O–H groups in total. The zero-order valence-electron chi connectivity index (χ0n) is 9.72. The van der Waals surface area contributed by atoms with Crippen LogP contribution in [0.3, 0.4) is 0 Å². The lowest BCUT2D eigenvalue weighted by Gasteiger charge is -2.12. The molecule has 82 valence electrons. The van der Waals surface area contributed by atoms with Crippen LogP contribution in [-0.4, -0.2) is 19.1 Å². The van der Waals surface area contributed by atoms with E-state index in [0.29, 0.717) is 0 Å². The molecule has 0 aliphatic heterocycles. The Kier molecular flexibility index (Phi) is 3.20. The van der Waals surface area contributed by atoms with Gasteiger partial charge in [0.1, 0.15) is 5.82 Å². The second-order valence-electron chi connectivity index (χ2n) is 4.08. The first-order chi connectivity index (χ1) is 7.75. The lowest BCUT2D eigenvalue weighted by molar-refractivity contribution is 1.05. The van der Waals surface area contributed by atoms with Gasteiger partial charge in [0.05, 0.1) is 0 Å². The van der Waals surface area contributed by atoms with Gasteiger partial charge in [-0.15, -0.1) is 0 Å². The number of pyridine rings is 1. The summed E-state index contributed by atoms with van der Waals surface area (Å²) in [6.45, 7) is 0. The number of hydrogen-bond donors (Lipinski definition) is 0. The average molecular weight is 212 g/mol. The quantitative estimate of drug-likeness (QED) is 0.777. The zero-order chi connectivity index (χ0) is 11.4. The Morgan fingerprint density at radius 2 is 1.75 bits per heavy atom. The molecule has 0 spiro atoms. The van der Waals surface area contributed by atoms with Crippen molar-refractivity contribution in [3.63, 3.8) is 0 Å². The number of nitrogens with zero attached hydrogens (tertiary/aromatic N) is 2. The topological polar surface area (TPSA) is 16.1 Å². The lowest BCUT2D eigenvalue weighted by atomic mass is 10.1. The summed E-state index contributed by atoms with van der Waals surface area (Å²) in [4.78, 5) is 6.33. The summed E-state index contributed by atoms with van der Waals surface area (Å²) >= 11 is 0. The number of hydrogen-bond acceptors (Lipinski definition) is 2. The van der Waals surface area contributed by atoms with Crippen LogP contribution in [0.4, 0.5) is 5.82 Å². The van der Waals surface area contributed by atoms with Crippen molar-refractivity contribution >= 4 is 5.82 Å². The Hall–Kier alpha value is -1.83. The molecule has 2 heteroatoms. The standard InChI is InChI=1S/C14H16N2/c1-16(2)14-11-13(8-9-15-14)10-12-6-4-3-5-7-12/h3-9,11H,10H2,1-2H3. The van der Waals surface area contributed by atoms with Gasteiger partial charge in [0.15, 0.2) is 0 Å². The lowest BCUT2D eigenvalue weighted by Crippen LogP contribution is -2.10. The molecule has 2 rings (SSSR count). The smallest absolute Gasteiger partial charge is 0.128 e. The van der Waals surface area contributed by atoms with Crippen LogP contribution >= 0.6 is 0 Å². The first-order valence-corrected chi connectivity index (χ1v) is 5.42. The molecule has 2 aromatic rings. The van der Waals surface area contributed by atoms with E-state index in [1.54, 1.807) is 0 Å². The van der Waals surface area contributed by atoms with E-state index in [2.05, 4.69) is 41.4 Å². The first kappa shape index (κ1) is 10.7. The summed E-state index contributed by atoms with van der Waals surface area (Å²) in [5.74, 6) is 1.01. The third-order valence-electron chi connectivity index (χ3n) is 2.52. The maximum absolute atomic E-state index is 4.31. The van der Waals surface area contributed by atoms with Crippen LogP contribution in [-0.2, 0) is 6.42 Å². The van der Waals surface area contributed by atoms with Gasteiger partial charge in [-0.1, -0.05) is 30.3 Å². The second kappa shape index (κ2) is 4.79. The van der Waals surface area contributed by atoms with E-state index >= 15 is 0 Å². The Morgan fingerprint density at radius 1 is 1.00 bits per heavy atom. The highest BCUT2D eigenvalue weighted by Gasteiger charge is 2.00. The summed E-state index contributed by atoms with van der Waals surface area (Å²) in [5, 5.41) is 0. The molecule has 0 saturated carbocycles. The minimum atomic E-state index is 0.962. The van der Waals surface area contributed by atoms with Crippen LogP contribution in [0.2, 0.25) is 0 Å². The van der Waals surface area contributed by atoms with Crippen molar-refractivity contribution in [2.24, 2.45) is 0 Å². The maximum Gasteiger partial charge on any atom is 0.128 e. The van der Waals surface area contributed by atoms with Crippen molar-refractivity contribution in [1.82, 2.24) is 4.98 Å². The van der Waals surface area contributed by atoms with Gasteiger partial charge < -0.3 is 4.90 Å². The van der Waals surface area contributed by atoms with E-state index in [-0.39, 0.29) is 0 Å². The number of rotatable bonds is 3. The minimum absolute atomic E-state index is 0.962. The summed E-state index contributed by atoms with van der Waals surface area (Å²) in [7, 11) is 4.02. The van der Waals surface area contributed by atoms with Crippen molar-refractivity contribution in [3.05, 3.63) is 59.8 Å². The van der Waals surface area contributed by atoms with E-state index < -0.39 is 0 Å². The van der Waals surface area contributed by atoms with Crippen LogP contribution in [0, 0.1) is 0 Å². The van der Waals surface area contributed by atoms with Gasteiger partial charge in [0.2, 0.25) is 0 Å². The molecule has 0 atom stereocenters. The highest BCUT2D eigenvalue weighted by Crippen LogP contribution is 2.13. The predicted molar refractivity (Wildman–Crippen MR) is 67.8 cm³/mol. The number of benzene rings is 1. The molecule has 1 aromatic carbocycles. The maximum atomic E-state index is 4.31. The SMILES string of the molecule is CN(C)c1cc(Cc2ccccc2)ccn1. The second-order valence-corrected chi connectivity index (χ2v) is 4.08. The molecule has 2 nitrogen and oxygen atoms in total. The van der Waals surface area contributed by atoms with Gasteiger partial charge >= 0.3 is 0 Å².